The van der Waals surface area contributed by atoms with Crippen molar-refractivity contribution in [2.24, 2.45) is 0 Å². The first-order valence-corrected chi connectivity index (χ1v) is 7.36. The third kappa shape index (κ3) is 3.57. The van der Waals surface area contributed by atoms with E-state index in [0.29, 0.717) is 11.5 Å². The monoisotopic (exact) mass is 332 g/mol. The van der Waals surface area contributed by atoms with Crippen molar-refractivity contribution >= 4 is 5.69 Å². The molecule has 6 nitrogen and oxygen atoms in total. The standard InChI is InChI=1S/C19H12N2O4/c20-13-16-18(24-14-7-3-1-4-8-14)12-11-17(21(22)23)19(16)25-15-9-5-2-6-10-15/h1-12H. The van der Waals surface area contributed by atoms with Crippen LogP contribution in [0.15, 0.2) is 72.8 Å². The first kappa shape index (κ1) is 16.0. The molecule has 122 valence electrons. The second-order valence-electron chi connectivity index (χ2n) is 4.99. The number of ether oxygens (including phenoxy) is 2. The van der Waals surface area contributed by atoms with Crippen LogP contribution in [-0.4, -0.2) is 4.92 Å². The summed E-state index contributed by atoms with van der Waals surface area (Å²) in [5.74, 6) is 0.940. The van der Waals surface area contributed by atoms with Crippen molar-refractivity contribution in [1.82, 2.24) is 0 Å². The van der Waals surface area contributed by atoms with Crippen LogP contribution in [0.4, 0.5) is 5.69 Å². The summed E-state index contributed by atoms with van der Waals surface area (Å²) in [6.45, 7) is 0. The van der Waals surface area contributed by atoms with Gasteiger partial charge in [0.15, 0.2) is 0 Å². The van der Waals surface area contributed by atoms with Crippen LogP contribution in [0, 0.1) is 21.4 Å². The average molecular weight is 332 g/mol. The predicted molar refractivity (Wildman–Crippen MR) is 90.8 cm³/mol. The molecule has 0 saturated carbocycles. The molecule has 0 N–H and O–H groups in total. The number of nitriles is 1. The van der Waals surface area contributed by atoms with Crippen molar-refractivity contribution in [2.45, 2.75) is 0 Å². The van der Waals surface area contributed by atoms with E-state index in [9.17, 15) is 15.4 Å². The summed E-state index contributed by atoms with van der Waals surface area (Å²) in [6, 6.07) is 22.0. The Hall–Kier alpha value is -3.85. The fourth-order valence-corrected chi connectivity index (χ4v) is 2.21. The van der Waals surface area contributed by atoms with Gasteiger partial charge in [0, 0.05) is 6.07 Å². The first-order valence-electron chi connectivity index (χ1n) is 7.36. The van der Waals surface area contributed by atoms with E-state index in [4.69, 9.17) is 9.47 Å². The van der Waals surface area contributed by atoms with E-state index in [-0.39, 0.29) is 22.7 Å². The van der Waals surface area contributed by atoms with Crippen LogP contribution in [0.25, 0.3) is 0 Å². The predicted octanol–water partition coefficient (Wildman–Crippen LogP) is 5.05. The molecule has 0 radical (unpaired) electrons. The molecule has 0 bridgehead atoms. The van der Waals surface area contributed by atoms with Gasteiger partial charge >= 0.3 is 5.69 Å². The van der Waals surface area contributed by atoms with Gasteiger partial charge in [-0.1, -0.05) is 36.4 Å². The summed E-state index contributed by atoms with van der Waals surface area (Å²) < 4.78 is 11.3. The second-order valence-corrected chi connectivity index (χ2v) is 4.99. The third-order valence-corrected chi connectivity index (χ3v) is 3.34. The molecule has 0 spiro atoms. The van der Waals surface area contributed by atoms with Gasteiger partial charge in [-0.15, -0.1) is 0 Å². The highest BCUT2D eigenvalue weighted by Crippen LogP contribution is 2.40. The summed E-state index contributed by atoms with van der Waals surface area (Å²) in [7, 11) is 0. The van der Waals surface area contributed by atoms with Gasteiger partial charge in [0.1, 0.15) is 28.9 Å². The number of rotatable bonds is 5. The summed E-state index contributed by atoms with van der Waals surface area (Å²) in [5, 5.41) is 20.9. The Kier molecular flexibility index (Phi) is 4.58. The normalized spacial score (nSPS) is 9.88. The van der Waals surface area contributed by atoms with E-state index in [2.05, 4.69) is 0 Å². The van der Waals surface area contributed by atoms with E-state index in [0.717, 1.165) is 0 Å². The quantitative estimate of drug-likeness (QED) is 0.482. The minimum absolute atomic E-state index is 0.0399. The Balaban J connectivity index is 2.08. The fraction of sp³-hybridized carbons (Fsp3) is 0. The van der Waals surface area contributed by atoms with Crippen molar-refractivity contribution < 1.29 is 14.4 Å². The Morgan fingerprint density at radius 3 is 1.92 bits per heavy atom. The van der Waals surface area contributed by atoms with Crippen molar-refractivity contribution in [3.63, 3.8) is 0 Å². The van der Waals surface area contributed by atoms with E-state index in [1.807, 2.05) is 12.1 Å². The van der Waals surface area contributed by atoms with Gasteiger partial charge in [0.25, 0.3) is 0 Å². The van der Waals surface area contributed by atoms with E-state index >= 15 is 0 Å². The van der Waals surface area contributed by atoms with Crippen LogP contribution in [-0.2, 0) is 0 Å². The smallest absolute Gasteiger partial charge is 0.313 e. The maximum absolute atomic E-state index is 11.3. The lowest BCUT2D eigenvalue weighted by molar-refractivity contribution is -0.385. The molecule has 3 aromatic carbocycles. The molecule has 0 unspecified atom stereocenters. The summed E-state index contributed by atoms with van der Waals surface area (Å²) in [5.41, 5.74) is -0.345. The Morgan fingerprint density at radius 1 is 0.840 bits per heavy atom. The number of hydrogen-bond donors (Lipinski definition) is 0. The van der Waals surface area contributed by atoms with Gasteiger partial charge in [0.05, 0.1) is 4.92 Å². The van der Waals surface area contributed by atoms with Gasteiger partial charge in [-0.3, -0.25) is 10.1 Å². The number of hydrogen-bond acceptors (Lipinski definition) is 5. The van der Waals surface area contributed by atoms with Crippen LogP contribution >= 0.6 is 0 Å². The van der Waals surface area contributed by atoms with Gasteiger partial charge < -0.3 is 9.47 Å². The van der Waals surface area contributed by atoms with E-state index in [1.165, 1.54) is 12.1 Å². The number of nitrogens with zero attached hydrogens (tertiary/aromatic N) is 2. The molecule has 6 heteroatoms. The van der Waals surface area contributed by atoms with Crippen LogP contribution in [0.3, 0.4) is 0 Å². The lowest BCUT2D eigenvalue weighted by Crippen LogP contribution is -1.98. The molecule has 0 atom stereocenters. The SMILES string of the molecule is N#Cc1c(Oc2ccccc2)ccc([N+](=O)[O-])c1Oc1ccccc1. The van der Waals surface area contributed by atoms with Crippen LogP contribution in [0.2, 0.25) is 0 Å². The molecule has 0 aliphatic rings. The van der Waals surface area contributed by atoms with E-state index in [1.54, 1.807) is 54.6 Å². The molecule has 0 fully saturated rings. The molecular formula is C19H12N2O4. The Morgan fingerprint density at radius 2 is 1.40 bits per heavy atom. The second kappa shape index (κ2) is 7.15. The summed E-state index contributed by atoms with van der Waals surface area (Å²) in [4.78, 5) is 10.7. The van der Waals surface area contributed by atoms with Crippen LogP contribution in [0.5, 0.6) is 23.0 Å². The van der Waals surface area contributed by atoms with Gasteiger partial charge in [0.2, 0.25) is 5.75 Å². The largest absolute Gasteiger partial charge is 0.456 e. The highest BCUT2D eigenvalue weighted by Gasteiger charge is 2.24. The van der Waals surface area contributed by atoms with Crippen molar-refractivity contribution in [1.29, 1.82) is 5.26 Å². The van der Waals surface area contributed by atoms with Crippen LogP contribution in [0.1, 0.15) is 5.56 Å². The van der Waals surface area contributed by atoms with Gasteiger partial charge in [-0.05, 0) is 30.3 Å². The zero-order chi connectivity index (χ0) is 17.6. The average Bonchev–Trinajstić information content (AvgIpc) is 2.63. The molecule has 0 aliphatic heterocycles. The number of nitro groups is 1. The number of para-hydroxylation sites is 2. The third-order valence-electron chi connectivity index (χ3n) is 3.34. The molecule has 25 heavy (non-hydrogen) atoms. The molecule has 0 aliphatic carbocycles. The Labute approximate surface area is 143 Å². The first-order chi connectivity index (χ1) is 12.2. The maximum atomic E-state index is 11.3. The molecule has 0 aromatic heterocycles. The van der Waals surface area contributed by atoms with Crippen LogP contribution < -0.4 is 9.47 Å². The highest BCUT2D eigenvalue weighted by atomic mass is 16.6. The topological polar surface area (TPSA) is 85.4 Å². The van der Waals surface area contributed by atoms with Gasteiger partial charge in [-0.25, -0.2) is 0 Å². The number of benzene rings is 3. The molecule has 0 heterocycles. The minimum atomic E-state index is -0.592. The molecule has 3 aromatic rings. The lowest BCUT2D eigenvalue weighted by atomic mass is 10.1. The molecular weight excluding hydrogens is 320 g/mol. The summed E-state index contributed by atoms with van der Waals surface area (Å²) >= 11 is 0. The highest BCUT2D eigenvalue weighted by molar-refractivity contribution is 5.64. The fourth-order valence-electron chi connectivity index (χ4n) is 2.21. The molecule has 0 saturated heterocycles. The number of nitro benzene ring substituents is 1. The van der Waals surface area contributed by atoms with Crippen molar-refractivity contribution in [2.75, 3.05) is 0 Å². The Bertz CT molecular complexity index is 935. The van der Waals surface area contributed by atoms with Gasteiger partial charge in [-0.2, -0.15) is 5.26 Å². The maximum Gasteiger partial charge on any atom is 0.313 e. The molecule has 0 amide bonds. The molecule has 3 rings (SSSR count). The summed E-state index contributed by atoms with van der Waals surface area (Å²) in [6.07, 6.45) is 0. The van der Waals surface area contributed by atoms with E-state index < -0.39 is 4.92 Å². The van der Waals surface area contributed by atoms with Crippen molar-refractivity contribution in [3.05, 3.63) is 88.5 Å². The van der Waals surface area contributed by atoms with Crippen molar-refractivity contribution in [3.8, 4) is 29.1 Å². The zero-order valence-corrected chi connectivity index (χ0v) is 13.0. The zero-order valence-electron chi connectivity index (χ0n) is 13.0. The lowest BCUT2D eigenvalue weighted by Gasteiger charge is -2.12. The minimum Gasteiger partial charge on any atom is -0.456 e.